The average Bonchev–Trinajstić information content (AvgIpc) is 3.43. The number of rotatable bonds is 10. The number of ether oxygens (including phenoxy) is 2. The first-order valence-electron chi connectivity index (χ1n) is 16.2. The summed E-state index contributed by atoms with van der Waals surface area (Å²) >= 11 is 1.56. The first kappa shape index (κ1) is 35.6. The van der Waals surface area contributed by atoms with Crippen LogP contribution in [0.4, 0.5) is 21.5 Å². The topological polar surface area (TPSA) is 125 Å². The molecule has 1 amide bonds. The predicted octanol–water partition coefficient (Wildman–Crippen LogP) is 9.25. The number of halogens is 1. The number of anilines is 1. The molecule has 5 aromatic rings. The highest BCUT2D eigenvalue weighted by molar-refractivity contribution is 7.99. The number of fused-ring (bicyclic) bond motifs is 3. The van der Waals surface area contributed by atoms with Crippen LogP contribution in [0.3, 0.4) is 0 Å². The highest BCUT2D eigenvalue weighted by atomic mass is 32.2. The molecule has 0 bridgehead atoms. The minimum absolute atomic E-state index is 0.0128. The Kier molecular flexibility index (Phi) is 11.1. The predicted molar refractivity (Wildman–Crippen MR) is 199 cm³/mol. The van der Waals surface area contributed by atoms with Gasteiger partial charge in [-0.2, -0.15) is 0 Å². The molecule has 5 aromatic carbocycles. The van der Waals surface area contributed by atoms with Crippen molar-refractivity contribution in [3.8, 4) is 11.5 Å². The van der Waals surface area contributed by atoms with Crippen LogP contribution in [0, 0.1) is 20.2 Å². The third kappa shape index (κ3) is 8.19. The molecule has 0 radical (unpaired) electrons. The van der Waals surface area contributed by atoms with Crippen LogP contribution < -0.4 is 14.4 Å². The van der Waals surface area contributed by atoms with Gasteiger partial charge in [0.1, 0.15) is 24.8 Å². The number of alkyl halides is 1. The summed E-state index contributed by atoms with van der Waals surface area (Å²) in [6.45, 7) is -0.143. The molecule has 0 unspecified atom stereocenters. The first-order chi connectivity index (χ1) is 25.2. The zero-order valence-electron chi connectivity index (χ0n) is 27.9. The molecule has 2 aliphatic heterocycles. The number of carbonyl (C=O) groups is 1. The van der Waals surface area contributed by atoms with E-state index in [4.69, 9.17) is 9.47 Å². The number of non-ortho nitro benzene ring substituents is 2. The van der Waals surface area contributed by atoms with E-state index in [-0.39, 0.29) is 28.8 Å². The summed E-state index contributed by atoms with van der Waals surface area (Å²) < 4.78 is 22.8. The zero-order valence-corrected chi connectivity index (χ0v) is 28.8. The van der Waals surface area contributed by atoms with Gasteiger partial charge in [-0.05, 0) is 77.2 Å². The minimum atomic E-state index is -0.547. The van der Waals surface area contributed by atoms with Gasteiger partial charge >= 0.3 is 0 Å². The number of allylic oxidation sites excluding steroid dienone is 2. The van der Waals surface area contributed by atoms with Crippen LogP contribution in [0.1, 0.15) is 27.8 Å². The van der Waals surface area contributed by atoms with Gasteiger partial charge in [0.25, 0.3) is 17.3 Å². The third-order valence-electron chi connectivity index (χ3n) is 8.36. The van der Waals surface area contributed by atoms with Gasteiger partial charge in [0.15, 0.2) is 0 Å². The maximum absolute atomic E-state index is 13.2. The van der Waals surface area contributed by atoms with Crippen LogP contribution in [0.15, 0.2) is 131 Å². The van der Waals surface area contributed by atoms with Gasteiger partial charge in [-0.3, -0.25) is 25.0 Å². The second kappa shape index (κ2) is 16.2. The third-order valence-corrected chi connectivity index (χ3v) is 9.56. The Morgan fingerprint density at radius 3 is 2.17 bits per heavy atom. The molecule has 0 aromatic heterocycles. The molecule has 262 valence electrons. The number of benzene rings is 5. The van der Waals surface area contributed by atoms with Crippen molar-refractivity contribution < 1.29 is 28.5 Å². The molecule has 0 N–H and O–H groups in total. The number of hydrogen-bond donors (Lipinski definition) is 0. The lowest BCUT2D eigenvalue weighted by atomic mass is 10.0. The molecule has 0 spiro atoms. The fourth-order valence-electron chi connectivity index (χ4n) is 5.74. The largest absolute Gasteiger partial charge is 0.497 e. The van der Waals surface area contributed by atoms with Crippen LogP contribution in [-0.2, 0) is 17.8 Å². The molecule has 7 rings (SSSR count). The highest BCUT2D eigenvalue weighted by Crippen LogP contribution is 2.42. The summed E-state index contributed by atoms with van der Waals surface area (Å²) in [5.74, 6) is 1.28. The molecule has 0 saturated heterocycles. The summed E-state index contributed by atoms with van der Waals surface area (Å²) in [5, 5.41) is 21.6. The van der Waals surface area contributed by atoms with Crippen molar-refractivity contribution in [3.63, 3.8) is 0 Å². The van der Waals surface area contributed by atoms with Gasteiger partial charge in [0, 0.05) is 45.2 Å². The standard InChI is InChI=1S/C26H21FN2O4.C14H11NO3S/c27-16-17-33-22-14-10-20(11-15-22)18-28-25-7-2-1-5-23(25)24(26(28)30)6-3-4-19-8-12-21(13-9-19)29(31)32;1-18-12-5-3-10-6-9-2-4-11(15(16)17)7-13(9)19-14(10)8-12/h1-15H,16-18H2;2-5,7-8H,6H2,1H3/b4-3+,24-6-;. The van der Waals surface area contributed by atoms with Crippen molar-refractivity contribution >= 4 is 46.4 Å². The van der Waals surface area contributed by atoms with Gasteiger partial charge in [-0.15, -0.1) is 0 Å². The number of methoxy groups -OCH3 is 1. The van der Waals surface area contributed by atoms with Crippen molar-refractivity contribution in [1.29, 1.82) is 0 Å². The molecule has 0 fully saturated rings. The van der Waals surface area contributed by atoms with Crippen molar-refractivity contribution in [1.82, 2.24) is 0 Å². The summed E-state index contributed by atoms with van der Waals surface area (Å²) in [6, 6.07) is 32.1. The van der Waals surface area contributed by atoms with E-state index >= 15 is 0 Å². The Hall–Kier alpha value is -6.27. The average molecular weight is 718 g/mol. The summed E-state index contributed by atoms with van der Waals surface area (Å²) in [4.78, 5) is 37.8. The van der Waals surface area contributed by atoms with Gasteiger partial charge in [0.2, 0.25) is 0 Å². The Balaban J connectivity index is 0.000000206. The molecule has 0 aliphatic carbocycles. The van der Waals surface area contributed by atoms with Crippen molar-refractivity contribution in [2.24, 2.45) is 0 Å². The Labute approximate surface area is 303 Å². The smallest absolute Gasteiger partial charge is 0.270 e. The molecule has 52 heavy (non-hydrogen) atoms. The van der Waals surface area contributed by atoms with E-state index in [2.05, 4.69) is 0 Å². The lowest BCUT2D eigenvalue weighted by Gasteiger charge is -2.19. The molecule has 12 heteroatoms. The Morgan fingerprint density at radius 1 is 0.827 bits per heavy atom. The van der Waals surface area contributed by atoms with E-state index in [0.717, 1.165) is 49.9 Å². The van der Waals surface area contributed by atoms with Crippen molar-refractivity contribution in [2.75, 3.05) is 25.3 Å². The molecule has 2 heterocycles. The summed E-state index contributed by atoms with van der Waals surface area (Å²) in [5.41, 5.74) is 6.50. The number of hydrogen-bond acceptors (Lipinski definition) is 8. The van der Waals surface area contributed by atoms with E-state index in [0.29, 0.717) is 17.9 Å². The van der Waals surface area contributed by atoms with E-state index in [1.165, 1.54) is 17.7 Å². The van der Waals surface area contributed by atoms with Crippen LogP contribution in [0.25, 0.3) is 11.6 Å². The molecule has 2 aliphatic rings. The maximum Gasteiger partial charge on any atom is 0.270 e. The number of nitro groups is 2. The quantitative estimate of drug-likeness (QED) is 0.0780. The van der Waals surface area contributed by atoms with E-state index in [1.807, 2.05) is 60.7 Å². The zero-order chi connectivity index (χ0) is 36.6. The van der Waals surface area contributed by atoms with Crippen LogP contribution in [0.5, 0.6) is 11.5 Å². The van der Waals surface area contributed by atoms with Gasteiger partial charge < -0.3 is 14.4 Å². The van der Waals surface area contributed by atoms with Crippen LogP contribution in [-0.4, -0.2) is 36.1 Å². The number of carbonyl (C=O) groups excluding carboxylic acids is 1. The van der Waals surface area contributed by atoms with Gasteiger partial charge in [-0.1, -0.05) is 66.4 Å². The van der Waals surface area contributed by atoms with Crippen molar-refractivity contribution in [2.45, 2.75) is 22.8 Å². The summed E-state index contributed by atoms with van der Waals surface area (Å²) in [6.07, 6.45) is 6.13. The molecular weight excluding hydrogens is 686 g/mol. The van der Waals surface area contributed by atoms with Crippen LogP contribution in [0.2, 0.25) is 0 Å². The lowest BCUT2D eigenvalue weighted by molar-refractivity contribution is -0.385. The molecular formula is C40H32FN3O7S. The van der Waals surface area contributed by atoms with E-state index in [1.54, 1.807) is 78.4 Å². The normalized spacial score (nSPS) is 13.5. The number of nitrogens with zero attached hydrogens (tertiary/aromatic N) is 3. The van der Waals surface area contributed by atoms with Crippen LogP contribution >= 0.6 is 11.8 Å². The number of para-hydroxylation sites is 1. The van der Waals surface area contributed by atoms with E-state index in [9.17, 15) is 29.4 Å². The summed E-state index contributed by atoms with van der Waals surface area (Å²) in [7, 11) is 1.63. The maximum atomic E-state index is 13.2. The minimum Gasteiger partial charge on any atom is -0.497 e. The molecule has 10 nitrogen and oxygen atoms in total. The second-order valence-electron chi connectivity index (χ2n) is 11.7. The van der Waals surface area contributed by atoms with Gasteiger partial charge in [0.05, 0.1) is 29.2 Å². The number of nitro benzene ring substituents is 2. The SMILES string of the molecule is COc1ccc2c(c1)Sc1cc([N+](=O)[O-])ccc1C2.O=C1/C(=C\C=C\c2ccc([N+](=O)[O-])cc2)c2ccccc2N1Cc1ccc(OCCF)cc1. The van der Waals surface area contributed by atoms with Gasteiger partial charge in [-0.25, -0.2) is 4.39 Å². The molecule has 0 saturated carbocycles. The second-order valence-corrected chi connectivity index (χ2v) is 12.8. The fraction of sp³-hybridized carbons (Fsp3) is 0.125. The fourth-order valence-corrected chi connectivity index (χ4v) is 6.88. The van der Waals surface area contributed by atoms with E-state index < -0.39 is 11.6 Å². The molecule has 0 atom stereocenters. The lowest BCUT2D eigenvalue weighted by Crippen LogP contribution is -2.25. The Bertz CT molecular complexity index is 2190. The number of amides is 1. The van der Waals surface area contributed by atoms with Crippen molar-refractivity contribution in [3.05, 3.63) is 169 Å². The monoisotopic (exact) mass is 717 g/mol. The first-order valence-corrected chi connectivity index (χ1v) is 17.0. The Morgan fingerprint density at radius 2 is 1.48 bits per heavy atom. The highest BCUT2D eigenvalue weighted by Gasteiger charge is 2.31.